The largest absolute Gasteiger partial charge is 0.545 e. The predicted octanol–water partition coefficient (Wildman–Crippen LogP) is -1.19. The lowest BCUT2D eigenvalue weighted by Gasteiger charge is -2.12. The third-order valence-corrected chi connectivity index (χ3v) is 1.38. The predicted molar refractivity (Wildman–Crippen MR) is 39.8 cm³/mol. The van der Waals surface area contributed by atoms with Gasteiger partial charge in [0, 0.05) is 11.3 Å². The molecule has 0 saturated carbocycles. The maximum absolute atomic E-state index is 10.4. The van der Waals surface area contributed by atoms with E-state index in [4.69, 9.17) is 0 Å². The molecule has 0 aliphatic carbocycles. The maximum atomic E-state index is 10.4. The number of para-hydroxylation sites is 1. The lowest BCUT2D eigenvalue weighted by atomic mass is 10.2. The summed E-state index contributed by atoms with van der Waals surface area (Å²) in [5.74, 6) is -1.44. The lowest BCUT2D eigenvalue weighted by Crippen LogP contribution is -2.31. The van der Waals surface area contributed by atoms with Crippen molar-refractivity contribution in [1.29, 1.82) is 0 Å². The Balaban J connectivity index is 3.04. The molecule has 1 N–H and O–H groups in total. The molecule has 0 fully saturated rings. The maximum Gasteiger partial charge on any atom is 0.138 e. The van der Waals surface area contributed by atoms with Crippen LogP contribution in [0.5, 0.6) is 0 Å². The quantitative estimate of drug-likeness (QED) is 0.617. The molecule has 0 unspecified atom stereocenters. The number of carbonyl (C=O) groups is 2. The van der Waals surface area contributed by atoms with E-state index < -0.39 is 12.1 Å². The van der Waals surface area contributed by atoms with Crippen molar-refractivity contribution in [2.45, 2.75) is 0 Å². The fraction of sp³-hybridized carbons (Fsp3) is 0. The van der Waals surface area contributed by atoms with Gasteiger partial charge in [-0.2, -0.15) is 0 Å². The zero-order chi connectivity index (χ0) is 9.84. The number of rotatable bonds is 2. The Bertz CT molecular complexity index is 348. The number of benzene rings is 1. The van der Waals surface area contributed by atoms with Gasteiger partial charge in [0.2, 0.25) is 0 Å². The highest BCUT2D eigenvalue weighted by atomic mass is 16.4. The Morgan fingerprint density at radius 2 is 1.77 bits per heavy atom. The molecule has 1 rings (SSSR count). The highest BCUT2D eigenvalue weighted by Crippen LogP contribution is 2.12. The fourth-order valence-electron chi connectivity index (χ4n) is 0.880. The van der Waals surface area contributed by atoms with Crippen molar-refractivity contribution in [3.8, 4) is 0 Å². The molecule has 0 heterocycles. The zero-order valence-corrected chi connectivity index (χ0v) is 6.44. The summed E-state index contributed by atoms with van der Waals surface area (Å²) in [7, 11) is 0. The zero-order valence-electron chi connectivity index (χ0n) is 6.44. The number of carbonyl (C=O) groups excluding carboxylic acids is 2. The van der Waals surface area contributed by atoms with E-state index in [-0.39, 0.29) is 11.3 Å². The van der Waals surface area contributed by atoms with Crippen molar-refractivity contribution >= 4 is 17.7 Å². The summed E-state index contributed by atoms with van der Waals surface area (Å²) in [6, 6.07) is 5.50. The molecule has 0 saturated heterocycles. The second kappa shape index (κ2) is 3.57. The first-order valence-electron chi connectivity index (χ1n) is 3.39. The number of aromatic carboxylic acids is 1. The fourth-order valence-corrected chi connectivity index (χ4v) is 0.880. The second-order valence-electron chi connectivity index (χ2n) is 2.25. The number of anilines is 1. The molecule has 0 atom stereocenters. The molecular formula is C8H5NO4-2. The Kier molecular flexibility index (Phi) is 2.49. The number of carboxylic acid groups (broad SMARTS) is 2. The van der Waals surface area contributed by atoms with Crippen LogP contribution in [0.4, 0.5) is 10.5 Å². The van der Waals surface area contributed by atoms with Crippen LogP contribution in [0, 0.1) is 0 Å². The van der Waals surface area contributed by atoms with Crippen LogP contribution >= 0.6 is 0 Å². The third kappa shape index (κ3) is 2.19. The Labute approximate surface area is 73.6 Å². The van der Waals surface area contributed by atoms with Crippen molar-refractivity contribution < 1.29 is 19.8 Å². The van der Waals surface area contributed by atoms with Crippen LogP contribution in [0.1, 0.15) is 10.4 Å². The van der Waals surface area contributed by atoms with Crippen molar-refractivity contribution in [2.24, 2.45) is 0 Å². The topological polar surface area (TPSA) is 92.3 Å². The van der Waals surface area contributed by atoms with Crippen LogP contribution in [0.25, 0.3) is 0 Å². The average molecular weight is 179 g/mol. The standard InChI is InChI=1S/C8H7NO4/c10-7(11)5-3-1-2-4-6(5)9-8(12)13/h1-4,9H,(H,10,11)(H,12,13)/p-2. The van der Waals surface area contributed by atoms with Crippen LogP contribution < -0.4 is 15.5 Å². The number of nitrogens with one attached hydrogen (secondary N) is 1. The average Bonchev–Trinajstić information content (AvgIpc) is 2.03. The van der Waals surface area contributed by atoms with Gasteiger partial charge in [0.1, 0.15) is 6.09 Å². The first-order chi connectivity index (χ1) is 6.11. The second-order valence-corrected chi connectivity index (χ2v) is 2.25. The van der Waals surface area contributed by atoms with E-state index >= 15 is 0 Å². The molecule has 1 aromatic carbocycles. The van der Waals surface area contributed by atoms with Crippen molar-refractivity contribution in [2.75, 3.05) is 5.32 Å². The van der Waals surface area contributed by atoms with Gasteiger partial charge in [0.25, 0.3) is 0 Å². The molecule has 0 aliphatic heterocycles. The highest BCUT2D eigenvalue weighted by molar-refractivity contribution is 5.96. The van der Waals surface area contributed by atoms with E-state index in [1.165, 1.54) is 24.3 Å². The Morgan fingerprint density at radius 1 is 1.15 bits per heavy atom. The van der Waals surface area contributed by atoms with Crippen molar-refractivity contribution in [3.63, 3.8) is 0 Å². The minimum atomic E-state index is -1.56. The minimum absolute atomic E-state index is 0.0532. The molecule has 13 heavy (non-hydrogen) atoms. The van der Waals surface area contributed by atoms with Gasteiger partial charge in [0.15, 0.2) is 0 Å². The van der Waals surface area contributed by atoms with Gasteiger partial charge in [-0.25, -0.2) is 0 Å². The monoisotopic (exact) mass is 179 g/mol. The molecule has 0 spiro atoms. The van der Waals surface area contributed by atoms with Crippen molar-refractivity contribution in [1.82, 2.24) is 0 Å². The molecule has 1 aromatic rings. The molecule has 0 aliphatic rings. The highest BCUT2D eigenvalue weighted by Gasteiger charge is 2.00. The van der Waals surface area contributed by atoms with Gasteiger partial charge in [-0.15, -0.1) is 0 Å². The molecule has 68 valence electrons. The van der Waals surface area contributed by atoms with Gasteiger partial charge in [0.05, 0.1) is 5.97 Å². The Hall–Kier alpha value is -2.04. The van der Waals surface area contributed by atoms with E-state index in [2.05, 4.69) is 0 Å². The first-order valence-corrected chi connectivity index (χ1v) is 3.39. The van der Waals surface area contributed by atoms with Gasteiger partial charge in [-0.1, -0.05) is 18.2 Å². The van der Waals surface area contributed by atoms with E-state index in [0.29, 0.717) is 0 Å². The number of carboxylic acids is 1. The van der Waals surface area contributed by atoms with Gasteiger partial charge >= 0.3 is 0 Å². The number of amides is 1. The summed E-state index contributed by atoms with van der Waals surface area (Å²) >= 11 is 0. The van der Waals surface area contributed by atoms with Gasteiger partial charge in [-0.05, 0) is 6.07 Å². The summed E-state index contributed by atoms with van der Waals surface area (Å²) in [4.78, 5) is 20.5. The molecule has 5 nitrogen and oxygen atoms in total. The molecular weight excluding hydrogens is 174 g/mol. The Morgan fingerprint density at radius 3 is 2.31 bits per heavy atom. The van der Waals surface area contributed by atoms with Crippen LogP contribution in [0.15, 0.2) is 24.3 Å². The molecule has 5 heteroatoms. The van der Waals surface area contributed by atoms with Crippen LogP contribution in [-0.2, 0) is 0 Å². The third-order valence-electron chi connectivity index (χ3n) is 1.38. The summed E-state index contributed by atoms with van der Waals surface area (Å²) in [5, 5.41) is 22.4. The summed E-state index contributed by atoms with van der Waals surface area (Å²) in [5.41, 5.74) is -0.269. The summed E-state index contributed by atoms with van der Waals surface area (Å²) < 4.78 is 0. The van der Waals surface area contributed by atoms with Crippen molar-refractivity contribution in [3.05, 3.63) is 29.8 Å². The number of hydrogen-bond acceptors (Lipinski definition) is 4. The first kappa shape index (κ1) is 9.05. The van der Waals surface area contributed by atoms with E-state index in [1.807, 2.05) is 5.32 Å². The lowest BCUT2D eigenvalue weighted by molar-refractivity contribution is -0.254. The van der Waals surface area contributed by atoms with Crippen LogP contribution in [0.2, 0.25) is 0 Å². The summed E-state index contributed by atoms with van der Waals surface area (Å²) in [6.07, 6.45) is -1.56. The summed E-state index contributed by atoms with van der Waals surface area (Å²) in [6.45, 7) is 0. The molecule has 0 aromatic heterocycles. The smallest absolute Gasteiger partial charge is 0.138 e. The van der Waals surface area contributed by atoms with Crippen LogP contribution in [0.3, 0.4) is 0 Å². The van der Waals surface area contributed by atoms with Gasteiger partial charge in [-0.3, -0.25) is 0 Å². The van der Waals surface area contributed by atoms with Crippen LogP contribution in [-0.4, -0.2) is 12.1 Å². The molecule has 0 bridgehead atoms. The minimum Gasteiger partial charge on any atom is -0.545 e. The molecule has 0 radical (unpaired) electrons. The van der Waals surface area contributed by atoms with E-state index in [1.54, 1.807) is 0 Å². The number of hydrogen-bond donors (Lipinski definition) is 1. The van der Waals surface area contributed by atoms with Gasteiger partial charge < -0.3 is 25.1 Å². The van der Waals surface area contributed by atoms with E-state index in [9.17, 15) is 19.8 Å². The molecule has 1 amide bonds. The SMILES string of the molecule is O=C([O-])Nc1ccccc1C(=O)[O-]. The normalized spacial score (nSPS) is 9.23. The van der Waals surface area contributed by atoms with E-state index in [0.717, 1.165) is 0 Å².